The molecule has 0 radical (unpaired) electrons. The van der Waals surface area contributed by atoms with Crippen LogP contribution in [0.2, 0.25) is 0 Å². The summed E-state index contributed by atoms with van der Waals surface area (Å²) in [5.41, 5.74) is 0.373. The molecule has 12 heavy (non-hydrogen) atoms. The number of carbonyl (C=O) groups is 1. The molecule has 0 bridgehead atoms. The molecule has 1 rings (SSSR count). The van der Waals surface area contributed by atoms with Crippen LogP contribution >= 0.6 is 0 Å². The number of carboxylic acids is 1. The standard InChI is InChI=1S/C10H18O2/c1-10(2)5-3-4-8(7-10)6-9(11)12/h8H,3-7H2,1-2H3,(H,11,12)/t8-/m0/s1. The van der Waals surface area contributed by atoms with Crippen molar-refractivity contribution in [1.82, 2.24) is 0 Å². The normalized spacial score (nSPS) is 28.3. The maximum atomic E-state index is 10.5. The van der Waals surface area contributed by atoms with E-state index in [1.807, 2.05) is 0 Å². The van der Waals surface area contributed by atoms with E-state index in [1.165, 1.54) is 12.8 Å². The Morgan fingerprint density at radius 1 is 1.58 bits per heavy atom. The third-order valence-corrected chi connectivity index (χ3v) is 2.77. The van der Waals surface area contributed by atoms with E-state index in [9.17, 15) is 4.79 Å². The van der Waals surface area contributed by atoms with Gasteiger partial charge in [0.1, 0.15) is 0 Å². The molecule has 0 aromatic heterocycles. The first-order valence-corrected chi connectivity index (χ1v) is 4.71. The summed E-state index contributed by atoms with van der Waals surface area (Å²) in [5.74, 6) is -0.219. The second-order valence-electron chi connectivity index (χ2n) is 4.72. The average Bonchev–Trinajstić information content (AvgIpc) is 1.82. The highest BCUT2D eigenvalue weighted by Crippen LogP contribution is 2.39. The van der Waals surface area contributed by atoms with Gasteiger partial charge in [-0.05, 0) is 30.6 Å². The van der Waals surface area contributed by atoms with Crippen molar-refractivity contribution >= 4 is 5.97 Å². The van der Waals surface area contributed by atoms with Crippen molar-refractivity contribution in [3.05, 3.63) is 0 Å². The molecule has 1 saturated carbocycles. The Morgan fingerprint density at radius 2 is 2.25 bits per heavy atom. The number of hydrogen-bond acceptors (Lipinski definition) is 1. The van der Waals surface area contributed by atoms with Gasteiger partial charge in [0.25, 0.3) is 0 Å². The van der Waals surface area contributed by atoms with Crippen LogP contribution in [0, 0.1) is 11.3 Å². The van der Waals surface area contributed by atoms with Crippen LogP contribution in [0.3, 0.4) is 0 Å². The van der Waals surface area contributed by atoms with Crippen LogP contribution in [0.5, 0.6) is 0 Å². The van der Waals surface area contributed by atoms with Gasteiger partial charge in [0.2, 0.25) is 0 Å². The Kier molecular flexibility index (Phi) is 2.76. The highest BCUT2D eigenvalue weighted by atomic mass is 16.4. The average molecular weight is 170 g/mol. The first kappa shape index (κ1) is 9.56. The van der Waals surface area contributed by atoms with E-state index in [0.717, 1.165) is 12.8 Å². The van der Waals surface area contributed by atoms with Crippen LogP contribution < -0.4 is 0 Å². The summed E-state index contributed by atoms with van der Waals surface area (Å²) in [5, 5.41) is 8.64. The van der Waals surface area contributed by atoms with Crippen molar-refractivity contribution in [3.63, 3.8) is 0 Å². The summed E-state index contributed by atoms with van der Waals surface area (Å²) >= 11 is 0. The highest BCUT2D eigenvalue weighted by Gasteiger charge is 2.28. The molecular formula is C10H18O2. The maximum absolute atomic E-state index is 10.5. The van der Waals surface area contributed by atoms with Crippen molar-refractivity contribution in [2.24, 2.45) is 11.3 Å². The summed E-state index contributed by atoms with van der Waals surface area (Å²) in [6, 6.07) is 0. The molecule has 0 aliphatic heterocycles. The summed E-state index contributed by atoms with van der Waals surface area (Å²) in [7, 11) is 0. The predicted octanol–water partition coefficient (Wildman–Crippen LogP) is 2.68. The van der Waals surface area contributed by atoms with Gasteiger partial charge in [-0.2, -0.15) is 0 Å². The molecule has 1 aliphatic rings. The molecule has 1 atom stereocenters. The smallest absolute Gasteiger partial charge is 0.303 e. The van der Waals surface area contributed by atoms with Gasteiger partial charge in [-0.15, -0.1) is 0 Å². The molecule has 1 fully saturated rings. The van der Waals surface area contributed by atoms with E-state index in [-0.39, 0.29) is 0 Å². The van der Waals surface area contributed by atoms with Crippen molar-refractivity contribution in [2.75, 3.05) is 0 Å². The zero-order valence-corrected chi connectivity index (χ0v) is 7.97. The SMILES string of the molecule is CC1(C)CCC[C@@H](CC(=O)O)C1. The molecular weight excluding hydrogens is 152 g/mol. The Morgan fingerprint density at radius 3 is 2.75 bits per heavy atom. The molecule has 0 aromatic carbocycles. The van der Waals surface area contributed by atoms with Gasteiger partial charge in [-0.1, -0.05) is 20.3 Å². The van der Waals surface area contributed by atoms with Crippen LogP contribution in [0.1, 0.15) is 46.0 Å². The molecule has 2 nitrogen and oxygen atoms in total. The van der Waals surface area contributed by atoms with E-state index < -0.39 is 5.97 Å². The summed E-state index contributed by atoms with van der Waals surface area (Å²) in [6.07, 6.45) is 5.01. The molecule has 70 valence electrons. The third-order valence-electron chi connectivity index (χ3n) is 2.77. The predicted molar refractivity (Wildman–Crippen MR) is 48.0 cm³/mol. The van der Waals surface area contributed by atoms with Crippen molar-refractivity contribution in [2.45, 2.75) is 46.0 Å². The van der Waals surface area contributed by atoms with Gasteiger partial charge >= 0.3 is 5.97 Å². The number of carboxylic acid groups (broad SMARTS) is 1. The van der Waals surface area contributed by atoms with E-state index in [0.29, 0.717) is 17.8 Å². The molecule has 1 aliphatic carbocycles. The van der Waals surface area contributed by atoms with Gasteiger partial charge in [0.15, 0.2) is 0 Å². The third kappa shape index (κ3) is 2.84. The van der Waals surface area contributed by atoms with Crippen molar-refractivity contribution in [3.8, 4) is 0 Å². The molecule has 0 heterocycles. The lowest BCUT2D eigenvalue weighted by atomic mass is 9.71. The van der Waals surface area contributed by atoms with E-state index in [4.69, 9.17) is 5.11 Å². The molecule has 1 N–H and O–H groups in total. The zero-order chi connectivity index (χ0) is 9.19. The maximum Gasteiger partial charge on any atom is 0.303 e. The Hall–Kier alpha value is -0.530. The van der Waals surface area contributed by atoms with Crippen LogP contribution in [-0.2, 0) is 4.79 Å². The lowest BCUT2D eigenvalue weighted by molar-refractivity contribution is -0.138. The summed E-state index contributed by atoms with van der Waals surface area (Å²) < 4.78 is 0. The number of aliphatic carboxylic acids is 1. The second kappa shape index (κ2) is 3.46. The fraction of sp³-hybridized carbons (Fsp3) is 0.900. The molecule has 0 spiro atoms. The topological polar surface area (TPSA) is 37.3 Å². The largest absolute Gasteiger partial charge is 0.481 e. The molecule has 0 amide bonds. The van der Waals surface area contributed by atoms with Crippen LogP contribution in [0.4, 0.5) is 0 Å². The van der Waals surface area contributed by atoms with Crippen molar-refractivity contribution < 1.29 is 9.90 Å². The molecule has 0 saturated heterocycles. The minimum Gasteiger partial charge on any atom is -0.481 e. The molecule has 2 heteroatoms. The minimum absolute atomic E-state index is 0.365. The summed E-state index contributed by atoms with van der Waals surface area (Å²) in [4.78, 5) is 10.5. The molecule has 0 aromatic rings. The van der Waals surface area contributed by atoms with Crippen LogP contribution in [-0.4, -0.2) is 11.1 Å². The van der Waals surface area contributed by atoms with Gasteiger partial charge in [-0.25, -0.2) is 0 Å². The fourth-order valence-corrected chi connectivity index (χ4v) is 2.28. The van der Waals surface area contributed by atoms with E-state index >= 15 is 0 Å². The van der Waals surface area contributed by atoms with Gasteiger partial charge in [-0.3, -0.25) is 4.79 Å². The lowest BCUT2D eigenvalue weighted by Gasteiger charge is -2.34. The monoisotopic (exact) mass is 170 g/mol. The molecule has 0 unspecified atom stereocenters. The minimum atomic E-state index is -0.641. The highest BCUT2D eigenvalue weighted by molar-refractivity contribution is 5.67. The second-order valence-corrected chi connectivity index (χ2v) is 4.72. The van der Waals surface area contributed by atoms with Gasteiger partial charge in [0.05, 0.1) is 0 Å². The fourth-order valence-electron chi connectivity index (χ4n) is 2.28. The number of hydrogen-bond donors (Lipinski definition) is 1. The Bertz CT molecular complexity index is 173. The van der Waals surface area contributed by atoms with Gasteiger partial charge in [0, 0.05) is 6.42 Å². The van der Waals surface area contributed by atoms with Crippen LogP contribution in [0.25, 0.3) is 0 Å². The lowest BCUT2D eigenvalue weighted by Crippen LogP contribution is -2.24. The Labute approximate surface area is 74.0 Å². The van der Waals surface area contributed by atoms with Crippen molar-refractivity contribution in [1.29, 1.82) is 0 Å². The Balaban J connectivity index is 2.41. The zero-order valence-electron chi connectivity index (χ0n) is 7.97. The first-order chi connectivity index (χ1) is 5.49. The number of rotatable bonds is 2. The van der Waals surface area contributed by atoms with E-state index in [1.54, 1.807) is 0 Å². The van der Waals surface area contributed by atoms with E-state index in [2.05, 4.69) is 13.8 Å². The van der Waals surface area contributed by atoms with Gasteiger partial charge < -0.3 is 5.11 Å². The quantitative estimate of drug-likeness (QED) is 0.691. The first-order valence-electron chi connectivity index (χ1n) is 4.71. The summed E-state index contributed by atoms with van der Waals surface area (Å²) in [6.45, 7) is 4.47. The van der Waals surface area contributed by atoms with Crippen LogP contribution in [0.15, 0.2) is 0 Å².